The summed E-state index contributed by atoms with van der Waals surface area (Å²) in [5.74, 6) is 1.57. The van der Waals surface area contributed by atoms with Crippen LogP contribution < -0.4 is 15.8 Å². The number of ether oxygens (including phenoxy) is 1. The maximum absolute atomic E-state index is 6.08. The van der Waals surface area contributed by atoms with Crippen molar-refractivity contribution in [1.82, 2.24) is 24.6 Å². The number of fused-ring (bicyclic) bond motifs is 1. The predicted molar refractivity (Wildman–Crippen MR) is 124 cm³/mol. The number of benzene rings is 2. The standard InChI is InChI=1S/C22H25N7OS/c1-15-5-4-12-28(15)13-14-30-17-10-8-16(9-11-17)24-21-26-20(23)29(27-21)22-25-18-6-2-3-7-19(18)31-22/h2-3,6-11,15H,4-5,12-14H2,1H3,(H3,23,24,26,27). The van der Waals surface area contributed by atoms with E-state index in [-0.39, 0.29) is 5.95 Å². The number of aromatic nitrogens is 4. The number of likely N-dealkylation sites (tertiary alicyclic amines) is 1. The number of thiazole rings is 1. The Bertz CT molecular complexity index is 1140. The van der Waals surface area contributed by atoms with E-state index in [1.165, 1.54) is 30.7 Å². The zero-order valence-electron chi connectivity index (χ0n) is 17.4. The van der Waals surface area contributed by atoms with Gasteiger partial charge in [-0.15, -0.1) is 5.10 Å². The van der Waals surface area contributed by atoms with Crippen LogP contribution in [0.25, 0.3) is 15.3 Å². The van der Waals surface area contributed by atoms with Crippen LogP contribution in [-0.2, 0) is 0 Å². The monoisotopic (exact) mass is 435 g/mol. The molecule has 2 aromatic heterocycles. The van der Waals surface area contributed by atoms with E-state index in [0.29, 0.717) is 23.7 Å². The van der Waals surface area contributed by atoms with Gasteiger partial charge in [-0.3, -0.25) is 4.90 Å². The van der Waals surface area contributed by atoms with Crippen LogP contribution in [-0.4, -0.2) is 50.4 Å². The van der Waals surface area contributed by atoms with Crippen LogP contribution in [0.5, 0.6) is 5.75 Å². The second-order valence-corrected chi connectivity index (χ2v) is 8.70. The zero-order valence-corrected chi connectivity index (χ0v) is 18.2. The van der Waals surface area contributed by atoms with Crippen LogP contribution in [0, 0.1) is 0 Å². The molecule has 5 rings (SSSR count). The Kier molecular flexibility index (Phi) is 5.44. The molecule has 1 fully saturated rings. The summed E-state index contributed by atoms with van der Waals surface area (Å²) in [6, 6.07) is 16.4. The molecule has 4 aromatic rings. The molecule has 1 atom stereocenters. The van der Waals surface area contributed by atoms with Gasteiger partial charge < -0.3 is 15.8 Å². The van der Waals surface area contributed by atoms with Gasteiger partial charge in [-0.1, -0.05) is 23.5 Å². The number of nitrogens with one attached hydrogen (secondary N) is 1. The average Bonchev–Trinajstić information content (AvgIpc) is 3.47. The molecule has 1 aliphatic rings. The van der Waals surface area contributed by atoms with Crippen LogP contribution in [0.4, 0.5) is 17.6 Å². The van der Waals surface area contributed by atoms with Gasteiger partial charge >= 0.3 is 0 Å². The number of hydrogen-bond donors (Lipinski definition) is 2. The average molecular weight is 436 g/mol. The molecule has 0 bridgehead atoms. The second-order valence-electron chi connectivity index (χ2n) is 7.69. The van der Waals surface area contributed by atoms with Crippen LogP contribution >= 0.6 is 11.3 Å². The van der Waals surface area contributed by atoms with Gasteiger partial charge in [0.1, 0.15) is 12.4 Å². The lowest BCUT2D eigenvalue weighted by Gasteiger charge is -2.20. The summed E-state index contributed by atoms with van der Waals surface area (Å²) in [6.45, 7) is 5.12. The maximum atomic E-state index is 6.08. The van der Waals surface area contributed by atoms with Gasteiger partial charge in [0.2, 0.25) is 17.0 Å². The van der Waals surface area contributed by atoms with Gasteiger partial charge in [-0.25, -0.2) is 4.98 Å². The first kappa shape index (κ1) is 19.8. The van der Waals surface area contributed by atoms with E-state index < -0.39 is 0 Å². The fourth-order valence-corrected chi connectivity index (χ4v) is 4.76. The van der Waals surface area contributed by atoms with Crippen molar-refractivity contribution in [3.05, 3.63) is 48.5 Å². The molecule has 0 saturated carbocycles. The predicted octanol–water partition coefficient (Wildman–Crippen LogP) is 4.07. The number of rotatable bonds is 7. The molecule has 160 valence electrons. The molecular weight excluding hydrogens is 410 g/mol. The number of anilines is 3. The van der Waals surface area contributed by atoms with Crippen LogP contribution in [0.15, 0.2) is 48.5 Å². The van der Waals surface area contributed by atoms with Gasteiger partial charge in [-0.2, -0.15) is 9.67 Å². The number of nitrogen functional groups attached to an aromatic ring is 1. The Balaban J connectivity index is 1.21. The van der Waals surface area contributed by atoms with Crippen molar-refractivity contribution in [1.29, 1.82) is 0 Å². The van der Waals surface area contributed by atoms with E-state index in [4.69, 9.17) is 10.5 Å². The third-order valence-corrected chi connectivity index (χ3v) is 6.56. The number of hydrogen-bond acceptors (Lipinski definition) is 8. The Morgan fingerprint density at radius 1 is 1.16 bits per heavy atom. The van der Waals surface area contributed by atoms with Crippen LogP contribution in [0.2, 0.25) is 0 Å². The molecule has 0 amide bonds. The second kappa shape index (κ2) is 8.52. The number of nitrogens with two attached hydrogens (primary N) is 1. The molecule has 9 heteroatoms. The Morgan fingerprint density at radius 2 is 2.00 bits per heavy atom. The summed E-state index contributed by atoms with van der Waals surface area (Å²) in [5.41, 5.74) is 7.86. The van der Waals surface area contributed by atoms with E-state index in [9.17, 15) is 0 Å². The van der Waals surface area contributed by atoms with Gasteiger partial charge in [0.05, 0.1) is 10.2 Å². The van der Waals surface area contributed by atoms with Crippen molar-refractivity contribution < 1.29 is 4.74 Å². The molecule has 0 spiro atoms. The summed E-state index contributed by atoms with van der Waals surface area (Å²) in [5, 5.41) is 8.36. The van der Waals surface area contributed by atoms with Crippen molar-refractivity contribution in [3.63, 3.8) is 0 Å². The third-order valence-electron chi connectivity index (χ3n) is 5.54. The Hall–Kier alpha value is -3.17. The molecule has 1 saturated heterocycles. The lowest BCUT2D eigenvalue weighted by molar-refractivity contribution is 0.204. The highest BCUT2D eigenvalue weighted by molar-refractivity contribution is 7.20. The van der Waals surface area contributed by atoms with E-state index in [1.54, 1.807) is 4.68 Å². The van der Waals surface area contributed by atoms with Gasteiger partial charge in [0.25, 0.3) is 0 Å². The summed E-state index contributed by atoms with van der Waals surface area (Å²) in [7, 11) is 0. The van der Waals surface area contributed by atoms with Gasteiger partial charge in [0.15, 0.2) is 0 Å². The van der Waals surface area contributed by atoms with E-state index in [0.717, 1.165) is 28.2 Å². The molecule has 1 unspecified atom stereocenters. The summed E-state index contributed by atoms with van der Waals surface area (Å²) in [6.07, 6.45) is 2.57. The minimum Gasteiger partial charge on any atom is -0.492 e. The van der Waals surface area contributed by atoms with Crippen molar-refractivity contribution in [2.24, 2.45) is 0 Å². The summed E-state index contributed by atoms with van der Waals surface area (Å²) < 4.78 is 8.54. The smallest absolute Gasteiger partial charge is 0.248 e. The van der Waals surface area contributed by atoms with Gasteiger partial charge in [0, 0.05) is 18.3 Å². The zero-order chi connectivity index (χ0) is 21.2. The largest absolute Gasteiger partial charge is 0.492 e. The SMILES string of the molecule is CC1CCCN1CCOc1ccc(Nc2nc(N)n(-c3nc4ccccc4s3)n2)cc1. The molecule has 8 nitrogen and oxygen atoms in total. The first-order chi connectivity index (χ1) is 15.2. The minimum absolute atomic E-state index is 0.289. The summed E-state index contributed by atoms with van der Waals surface area (Å²) in [4.78, 5) is 11.4. The molecular formula is C22H25N7OS. The van der Waals surface area contributed by atoms with E-state index >= 15 is 0 Å². The lowest BCUT2D eigenvalue weighted by atomic mass is 10.2. The lowest BCUT2D eigenvalue weighted by Crippen LogP contribution is -2.31. The number of para-hydroxylation sites is 1. The van der Waals surface area contributed by atoms with Crippen molar-refractivity contribution in [3.8, 4) is 10.9 Å². The molecule has 2 aromatic carbocycles. The van der Waals surface area contributed by atoms with Crippen LogP contribution in [0.1, 0.15) is 19.8 Å². The van der Waals surface area contributed by atoms with Gasteiger partial charge in [-0.05, 0) is 62.7 Å². The molecule has 0 aliphatic carbocycles. The first-order valence-corrected chi connectivity index (χ1v) is 11.3. The Labute approximate surface area is 184 Å². The minimum atomic E-state index is 0.289. The fourth-order valence-electron chi connectivity index (χ4n) is 3.84. The quantitative estimate of drug-likeness (QED) is 0.452. The molecule has 31 heavy (non-hydrogen) atoms. The highest BCUT2D eigenvalue weighted by atomic mass is 32.1. The number of nitrogens with zero attached hydrogens (tertiary/aromatic N) is 5. The summed E-state index contributed by atoms with van der Waals surface area (Å²) >= 11 is 1.52. The molecule has 1 aliphatic heterocycles. The highest BCUT2D eigenvalue weighted by Crippen LogP contribution is 2.26. The normalized spacial score (nSPS) is 16.7. The van der Waals surface area contributed by atoms with Crippen molar-refractivity contribution >= 4 is 39.1 Å². The molecule has 0 radical (unpaired) electrons. The van der Waals surface area contributed by atoms with Crippen LogP contribution in [0.3, 0.4) is 0 Å². The third kappa shape index (κ3) is 4.33. The molecule has 3 N–H and O–H groups in total. The van der Waals surface area contributed by atoms with E-state index in [1.807, 2.05) is 48.5 Å². The molecule has 3 heterocycles. The Morgan fingerprint density at radius 3 is 2.77 bits per heavy atom. The maximum Gasteiger partial charge on any atom is 0.248 e. The van der Waals surface area contributed by atoms with Crippen molar-refractivity contribution in [2.75, 3.05) is 30.7 Å². The first-order valence-electron chi connectivity index (χ1n) is 10.5. The van der Waals surface area contributed by atoms with E-state index in [2.05, 4.69) is 32.2 Å². The topological polar surface area (TPSA) is 94.1 Å². The fraction of sp³-hybridized carbons (Fsp3) is 0.318. The highest BCUT2D eigenvalue weighted by Gasteiger charge is 2.19. The van der Waals surface area contributed by atoms with Crippen molar-refractivity contribution in [2.45, 2.75) is 25.8 Å².